The Morgan fingerprint density at radius 2 is 1.85 bits per heavy atom. The van der Waals surface area contributed by atoms with Crippen molar-refractivity contribution in [1.29, 1.82) is 0 Å². The summed E-state index contributed by atoms with van der Waals surface area (Å²) in [6.45, 7) is 4.00. The number of benzene rings is 1. The third-order valence-corrected chi connectivity index (χ3v) is 2.15. The van der Waals surface area contributed by atoms with E-state index in [9.17, 15) is 0 Å². The summed E-state index contributed by atoms with van der Waals surface area (Å²) in [5.41, 5.74) is 1.25. The molecule has 0 atom stereocenters. The van der Waals surface area contributed by atoms with Gasteiger partial charge in [-0.3, -0.25) is 0 Å². The van der Waals surface area contributed by atoms with E-state index in [1.807, 2.05) is 27.0 Å². The fraction of sp³-hybridized carbons (Fsp3) is 0.273. The number of aromatic nitrogens is 1. The molecule has 70 valence electrons. The molecule has 0 saturated heterocycles. The lowest BCUT2D eigenvalue weighted by Gasteiger charge is -1.95. The molecule has 1 nitrogen and oxygen atoms in total. The Kier molecular flexibility index (Phi) is 3.43. The van der Waals surface area contributed by atoms with Gasteiger partial charge in [-0.1, -0.05) is 13.8 Å². The van der Waals surface area contributed by atoms with Gasteiger partial charge in [0.2, 0.25) is 0 Å². The molecule has 2 aromatic rings. The van der Waals surface area contributed by atoms with Gasteiger partial charge in [-0.2, -0.15) is 0 Å². The van der Waals surface area contributed by atoms with Gasteiger partial charge in [-0.05, 0) is 24.3 Å². The summed E-state index contributed by atoms with van der Waals surface area (Å²) in [6.07, 6.45) is 2.05. The molecule has 1 aromatic heterocycles. The molecule has 1 heterocycles. The van der Waals surface area contributed by atoms with Crippen LogP contribution in [-0.2, 0) is 7.05 Å². The van der Waals surface area contributed by atoms with Crippen molar-refractivity contribution < 1.29 is 0 Å². The van der Waals surface area contributed by atoms with Gasteiger partial charge in [0.25, 0.3) is 0 Å². The topological polar surface area (TPSA) is 4.93 Å². The molecule has 0 spiro atoms. The predicted molar refractivity (Wildman–Crippen MR) is 61.5 cm³/mol. The quantitative estimate of drug-likeness (QED) is 0.611. The van der Waals surface area contributed by atoms with E-state index in [1.54, 1.807) is 0 Å². The van der Waals surface area contributed by atoms with Crippen LogP contribution in [0.3, 0.4) is 0 Å². The summed E-state index contributed by atoms with van der Waals surface area (Å²) in [6, 6.07) is 8.25. The van der Waals surface area contributed by atoms with E-state index in [2.05, 4.69) is 41.6 Å². The predicted octanol–water partition coefficient (Wildman–Crippen LogP) is 3.49. The lowest BCUT2D eigenvalue weighted by molar-refractivity contribution is 0.969. The van der Waals surface area contributed by atoms with Crippen LogP contribution in [0, 0.1) is 0 Å². The van der Waals surface area contributed by atoms with Crippen molar-refractivity contribution in [2.75, 3.05) is 0 Å². The maximum Gasteiger partial charge on any atom is 0.0478 e. The van der Waals surface area contributed by atoms with E-state index in [1.165, 1.54) is 10.9 Å². The largest absolute Gasteiger partial charge is 0.351 e. The van der Waals surface area contributed by atoms with Gasteiger partial charge in [0.1, 0.15) is 0 Å². The van der Waals surface area contributed by atoms with Crippen LogP contribution in [0.5, 0.6) is 0 Å². The Balaban J connectivity index is 0.000000396. The minimum absolute atomic E-state index is 1.02. The third kappa shape index (κ3) is 2.07. The van der Waals surface area contributed by atoms with Crippen LogP contribution in [-0.4, -0.2) is 4.57 Å². The first-order chi connectivity index (χ1) is 6.27. The molecule has 2 heteroatoms. The smallest absolute Gasteiger partial charge is 0.0478 e. The summed E-state index contributed by atoms with van der Waals surface area (Å²) in [4.78, 5) is 1.02. The fourth-order valence-corrected chi connectivity index (χ4v) is 1.48. The Morgan fingerprint density at radius 1 is 1.15 bits per heavy atom. The van der Waals surface area contributed by atoms with Crippen LogP contribution < -0.4 is 0 Å². The molecule has 0 N–H and O–H groups in total. The van der Waals surface area contributed by atoms with Crippen molar-refractivity contribution in [3.63, 3.8) is 0 Å². The van der Waals surface area contributed by atoms with Gasteiger partial charge in [0.15, 0.2) is 0 Å². The second kappa shape index (κ2) is 4.38. The highest BCUT2D eigenvalue weighted by molar-refractivity contribution is 7.80. The van der Waals surface area contributed by atoms with Gasteiger partial charge in [-0.15, -0.1) is 12.6 Å². The molecule has 0 saturated carbocycles. The lowest BCUT2D eigenvalue weighted by Crippen LogP contribution is -1.82. The van der Waals surface area contributed by atoms with Crippen molar-refractivity contribution in [2.24, 2.45) is 7.05 Å². The first-order valence-corrected chi connectivity index (χ1v) is 4.96. The number of aryl methyl sites for hydroxylation is 1. The SMILES string of the molecule is CC.Cn1ccc2cc(S)ccc21. The lowest BCUT2D eigenvalue weighted by atomic mass is 10.2. The molecule has 0 radical (unpaired) electrons. The molecule has 13 heavy (non-hydrogen) atoms. The van der Waals surface area contributed by atoms with E-state index in [-0.39, 0.29) is 0 Å². The molecular formula is C11H15NS. The second-order valence-electron chi connectivity index (χ2n) is 2.67. The maximum absolute atomic E-state index is 4.26. The number of rotatable bonds is 0. The van der Waals surface area contributed by atoms with Crippen molar-refractivity contribution in [3.05, 3.63) is 30.5 Å². The summed E-state index contributed by atoms with van der Waals surface area (Å²) in [7, 11) is 2.04. The Morgan fingerprint density at radius 3 is 2.54 bits per heavy atom. The molecule has 0 aliphatic heterocycles. The second-order valence-corrected chi connectivity index (χ2v) is 3.19. The van der Waals surface area contributed by atoms with Gasteiger partial charge in [0, 0.05) is 29.0 Å². The first kappa shape index (κ1) is 10.2. The normalized spacial score (nSPS) is 9.54. The van der Waals surface area contributed by atoms with E-state index < -0.39 is 0 Å². The molecule has 0 unspecified atom stereocenters. The maximum atomic E-state index is 4.26. The first-order valence-electron chi connectivity index (χ1n) is 4.51. The minimum atomic E-state index is 1.02. The van der Waals surface area contributed by atoms with Gasteiger partial charge in [0.05, 0.1) is 0 Å². The number of fused-ring (bicyclic) bond motifs is 1. The van der Waals surface area contributed by atoms with Crippen LogP contribution in [0.25, 0.3) is 10.9 Å². The Labute approximate surface area is 84.8 Å². The van der Waals surface area contributed by atoms with Crippen molar-refractivity contribution in [3.8, 4) is 0 Å². The highest BCUT2D eigenvalue weighted by Crippen LogP contribution is 2.18. The van der Waals surface area contributed by atoms with Crippen molar-refractivity contribution >= 4 is 23.5 Å². The number of thiol groups is 1. The van der Waals surface area contributed by atoms with Crippen molar-refractivity contribution in [1.82, 2.24) is 4.57 Å². The van der Waals surface area contributed by atoms with Gasteiger partial charge >= 0.3 is 0 Å². The Hall–Kier alpha value is -0.890. The molecule has 0 aliphatic rings. The van der Waals surface area contributed by atoms with Gasteiger partial charge in [-0.25, -0.2) is 0 Å². The molecule has 2 rings (SSSR count). The number of hydrogen-bond acceptors (Lipinski definition) is 1. The van der Waals surface area contributed by atoms with Gasteiger partial charge < -0.3 is 4.57 Å². The van der Waals surface area contributed by atoms with Crippen LogP contribution in [0.4, 0.5) is 0 Å². The molecule has 1 aromatic carbocycles. The molecular weight excluding hydrogens is 178 g/mol. The zero-order valence-electron chi connectivity index (χ0n) is 8.28. The van der Waals surface area contributed by atoms with Crippen LogP contribution in [0.15, 0.2) is 35.4 Å². The fourth-order valence-electron chi connectivity index (χ4n) is 1.27. The summed E-state index contributed by atoms with van der Waals surface area (Å²) in [5.74, 6) is 0. The standard InChI is InChI=1S/C9H9NS.C2H6/c1-10-5-4-7-6-8(11)2-3-9(7)10;1-2/h2-6,11H,1H3;1-2H3. The highest BCUT2D eigenvalue weighted by Gasteiger charge is 1.95. The van der Waals surface area contributed by atoms with E-state index in [4.69, 9.17) is 0 Å². The summed E-state index contributed by atoms with van der Waals surface area (Å²) < 4.78 is 2.10. The van der Waals surface area contributed by atoms with Crippen molar-refractivity contribution in [2.45, 2.75) is 18.7 Å². The van der Waals surface area contributed by atoms with Crippen LogP contribution >= 0.6 is 12.6 Å². The highest BCUT2D eigenvalue weighted by atomic mass is 32.1. The Bertz CT molecular complexity index is 390. The average molecular weight is 193 g/mol. The minimum Gasteiger partial charge on any atom is -0.351 e. The molecule has 0 amide bonds. The number of nitrogens with zero attached hydrogens (tertiary/aromatic N) is 1. The molecule has 0 fully saturated rings. The monoisotopic (exact) mass is 193 g/mol. The summed E-state index contributed by atoms with van der Waals surface area (Å²) in [5, 5.41) is 1.25. The zero-order valence-corrected chi connectivity index (χ0v) is 9.18. The zero-order chi connectivity index (χ0) is 9.84. The third-order valence-electron chi connectivity index (χ3n) is 1.87. The summed E-state index contributed by atoms with van der Waals surface area (Å²) >= 11 is 4.26. The van der Waals surface area contributed by atoms with E-state index >= 15 is 0 Å². The average Bonchev–Trinajstić information content (AvgIpc) is 2.51. The molecule has 0 aliphatic carbocycles. The molecule has 0 bridgehead atoms. The van der Waals surface area contributed by atoms with E-state index in [0.717, 1.165) is 4.90 Å². The van der Waals surface area contributed by atoms with Crippen LogP contribution in [0.2, 0.25) is 0 Å². The van der Waals surface area contributed by atoms with E-state index in [0.29, 0.717) is 0 Å². The number of hydrogen-bond donors (Lipinski definition) is 1. The van der Waals surface area contributed by atoms with Crippen LogP contribution in [0.1, 0.15) is 13.8 Å².